The number of hydrogen-bond acceptors (Lipinski definition) is 5. The highest BCUT2D eigenvalue weighted by molar-refractivity contribution is 5.42. The summed E-state index contributed by atoms with van der Waals surface area (Å²) in [5.74, 6) is 1.31. The summed E-state index contributed by atoms with van der Waals surface area (Å²) in [6.07, 6.45) is 3.68. The number of non-ortho nitro benzene ring substituents is 1. The lowest BCUT2D eigenvalue weighted by atomic mass is 10.00. The van der Waals surface area contributed by atoms with Crippen LogP contribution in [0.1, 0.15) is 23.4 Å². The van der Waals surface area contributed by atoms with Crippen molar-refractivity contribution in [1.29, 1.82) is 0 Å². The molecular weight excluding hydrogens is 246 g/mol. The molecule has 0 bridgehead atoms. The van der Waals surface area contributed by atoms with E-state index in [4.69, 9.17) is 0 Å². The monoisotopic (exact) mass is 259 g/mol. The predicted octanol–water partition coefficient (Wildman–Crippen LogP) is 1.46. The summed E-state index contributed by atoms with van der Waals surface area (Å²) in [6, 6.07) is 5.16. The van der Waals surface area contributed by atoms with Gasteiger partial charge in [0.2, 0.25) is 0 Å². The van der Waals surface area contributed by atoms with Gasteiger partial charge in [-0.25, -0.2) is 5.10 Å². The molecule has 1 unspecified atom stereocenters. The van der Waals surface area contributed by atoms with Gasteiger partial charge in [0, 0.05) is 18.6 Å². The van der Waals surface area contributed by atoms with Crippen molar-refractivity contribution in [3.63, 3.8) is 0 Å². The van der Waals surface area contributed by atoms with Crippen molar-refractivity contribution in [2.45, 2.75) is 25.7 Å². The molecule has 0 fully saturated rings. The molecule has 0 radical (unpaired) electrons. The van der Waals surface area contributed by atoms with Gasteiger partial charge in [-0.05, 0) is 46.7 Å². The van der Waals surface area contributed by atoms with E-state index in [9.17, 15) is 10.1 Å². The Hall–Kier alpha value is -2.31. The number of nitrogens with one attached hydrogen (secondary N) is 1. The van der Waals surface area contributed by atoms with Crippen LogP contribution < -0.4 is 0 Å². The fraction of sp³-hybridized carbons (Fsp3) is 0.417. The molecule has 19 heavy (non-hydrogen) atoms. The van der Waals surface area contributed by atoms with Gasteiger partial charge in [0.1, 0.15) is 5.82 Å². The lowest BCUT2D eigenvalue weighted by molar-refractivity contribution is -0.384. The number of aromatic nitrogens is 4. The van der Waals surface area contributed by atoms with E-state index in [2.05, 4.69) is 20.6 Å². The van der Waals surface area contributed by atoms with Crippen LogP contribution in [0.25, 0.3) is 0 Å². The molecule has 0 amide bonds. The number of aryl methyl sites for hydroxylation is 1. The zero-order valence-corrected chi connectivity index (χ0v) is 10.2. The summed E-state index contributed by atoms with van der Waals surface area (Å²) in [5, 5.41) is 24.4. The van der Waals surface area contributed by atoms with Crippen molar-refractivity contribution in [3.05, 3.63) is 45.3 Å². The molecule has 7 heteroatoms. The summed E-state index contributed by atoms with van der Waals surface area (Å²) < 4.78 is 0. The highest BCUT2D eigenvalue weighted by atomic mass is 16.6. The first-order valence-corrected chi connectivity index (χ1v) is 6.21. The van der Waals surface area contributed by atoms with Crippen LogP contribution in [0.15, 0.2) is 18.2 Å². The molecule has 1 atom stereocenters. The number of nitro groups is 1. The van der Waals surface area contributed by atoms with E-state index in [0.717, 1.165) is 37.1 Å². The molecule has 1 aliphatic carbocycles. The second-order valence-corrected chi connectivity index (χ2v) is 4.87. The average Bonchev–Trinajstić information content (AvgIpc) is 3.04. The fourth-order valence-electron chi connectivity index (χ4n) is 2.64. The smallest absolute Gasteiger partial charge is 0.258 e. The van der Waals surface area contributed by atoms with Crippen molar-refractivity contribution in [1.82, 2.24) is 20.6 Å². The number of nitro benzene ring substituents is 1. The van der Waals surface area contributed by atoms with Crippen molar-refractivity contribution in [3.8, 4) is 0 Å². The minimum atomic E-state index is -0.339. The van der Waals surface area contributed by atoms with Gasteiger partial charge in [0.25, 0.3) is 5.69 Å². The van der Waals surface area contributed by atoms with Crippen LogP contribution >= 0.6 is 0 Å². The molecule has 7 nitrogen and oxygen atoms in total. The third-order valence-corrected chi connectivity index (χ3v) is 3.60. The Morgan fingerprint density at radius 2 is 2.21 bits per heavy atom. The number of rotatable bonds is 4. The largest absolute Gasteiger partial charge is 0.269 e. The molecule has 0 saturated heterocycles. The van der Waals surface area contributed by atoms with Gasteiger partial charge in [-0.15, -0.1) is 5.10 Å². The summed E-state index contributed by atoms with van der Waals surface area (Å²) in [4.78, 5) is 10.4. The summed E-state index contributed by atoms with van der Waals surface area (Å²) in [7, 11) is 0. The van der Waals surface area contributed by atoms with Gasteiger partial charge in [-0.1, -0.05) is 6.07 Å². The number of H-pyrrole nitrogens is 1. The molecule has 0 spiro atoms. The highest BCUT2D eigenvalue weighted by Crippen LogP contribution is 2.31. The maximum Gasteiger partial charge on any atom is 0.269 e. The number of nitrogens with zero attached hydrogens (tertiary/aromatic N) is 4. The Labute approximate surface area is 109 Å². The Bertz CT molecular complexity index is 596. The number of tetrazole rings is 1. The summed E-state index contributed by atoms with van der Waals surface area (Å²) in [6.45, 7) is 0. The molecule has 3 rings (SSSR count). The fourth-order valence-corrected chi connectivity index (χ4v) is 2.64. The third kappa shape index (κ3) is 2.44. The molecule has 1 heterocycles. The van der Waals surface area contributed by atoms with Gasteiger partial charge < -0.3 is 0 Å². The minimum absolute atomic E-state index is 0.179. The van der Waals surface area contributed by atoms with E-state index in [1.54, 1.807) is 12.1 Å². The first kappa shape index (κ1) is 11.8. The molecule has 0 saturated carbocycles. The Morgan fingerprint density at radius 3 is 2.95 bits per heavy atom. The van der Waals surface area contributed by atoms with Crippen LogP contribution in [-0.2, 0) is 19.3 Å². The third-order valence-electron chi connectivity index (χ3n) is 3.60. The molecule has 98 valence electrons. The molecule has 2 aromatic rings. The van der Waals surface area contributed by atoms with Crippen molar-refractivity contribution in [2.24, 2.45) is 5.92 Å². The number of hydrogen-bond donors (Lipinski definition) is 1. The van der Waals surface area contributed by atoms with E-state index in [1.807, 2.05) is 6.07 Å². The first-order valence-electron chi connectivity index (χ1n) is 6.21. The zero-order chi connectivity index (χ0) is 13.2. The normalized spacial score (nSPS) is 17.4. The Kier molecular flexibility index (Phi) is 2.94. The van der Waals surface area contributed by atoms with Gasteiger partial charge in [-0.2, -0.15) is 0 Å². The van der Waals surface area contributed by atoms with E-state index in [1.165, 1.54) is 5.56 Å². The lowest BCUT2D eigenvalue weighted by Gasteiger charge is -2.05. The maximum atomic E-state index is 10.7. The quantitative estimate of drug-likeness (QED) is 0.662. The SMILES string of the molecule is O=[N+]([O-])c1ccc2c(c1)CC(CCc1nnn[nH]1)C2. The van der Waals surface area contributed by atoms with E-state index in [-0.39, 0.29) is 10.6 Å². The van der Waals surface area contributed by atoms with Crippen LogP contribution in [0.2, 0.25) is 0 Å². The molecule has 1 aromatic heterocycles. The standard InChI is InChI=1S/C12H13N5O2/c18-17(19)11-3-2-9-5-8(6-10(9)7-11)1-4-12-13-15-16-14-12/h2-3,7-8H,1,4-6H2,(H,13,14,15,16). The van der Waals surface area contributed by atoms with Gasteiger partial charge in [0.15, 0.2) is 0 Å². The average molecular weight is 259 g/mol. The van der Waals surface area contributed by atoms with E-state index in [0.29, 0.717) is 5.92 Å². The second kappa shape index (κ2) is 4.75. The van der Waals surface area contributed by atoms with Gasteiger partial charge in [0.05, 0.1) is 4.92 Å². The number of benzene rings is 1. The van der Waals surface area contributed by atoms with Crippen LogP contribution in [0, 0.1) is 16.0 Å². The Morgan fingerprint density at radius 1 is 1.37 bits per heavy atom. The molecule has 0 aliphatic heterocycles. The lowest BCUT2D eigenvalue weighted by Crippen LogP contribution is -2.02. The second-order valence-electron chi connectivity index (χ2n) is 4.87. The topological polar surface area (TPSA) is 97.6 Å². The predicted molar refractivity (Wildman–Crippen MR) is 66.5 cm³/mol. The van der Waals surface area contributed by atoms with Crippen LogP contribution in [0.5, 0.6) is 0 Å². The number of fused-ring (bicyclic) bond motifs is 1. The summed E-state index contributed by atoms with van der Waals surface area (Å²) >= 11 is 0. The first-order chi connectivity index (χ1) is 9.22. The van der Waals surface area contributed by atoms with Crippen LogP contribution in [0.3, 0.4) is 0 Å². The van der Waals surface area contributed by atoms with E-state index < -0.39 is 0 Å². The van der Waals surface area contributed by atoms with E-state index >= 15 is 0 Å². The molecular formula is C12H13N5O2. The maximum absolute atomic E-state index is 10.7. The molecule has 1 aromatic carbocycles. The summed E-state index contributed by atoms with van der Waals surface area (Å²) in [5.41, 5.74) is 2.51. The Balaban J connectivity index is 1.65. The van der Waals surface area contributed by atoms with Crippen molar-refractivity contribution >= 4 is 5.69 Å². The highest BCUT2D eigenvalue weighted by Gasteiger charge is 2.23. The minimum Gasteiger partial charge on any atom is -0.258 e. The van der Waals surface area contributed by atoms with Gasteiger partial charge >= 0.3 is 0 Å². The molecule has 1 N–H and O–H groups in total. The number of aromatic amines is 1. The van der Waals surface area contributed by atoms with Crippen LogP contribution in [-0.4, -0.2) is 25.5 Å². The van der Waals surface area contributed by atoms with Crippen LogP contribution in [0.4, 0.5) is 5.69 Å². The van der Waals surface area contributed by atoms with Crippen molar-refractivity contribution < 1.29 is 4.92 Å². The van der Waals surface area contributed by atoms with Gasteiger partial charge in [-0.3, -0.25) is 10.1 Å². The zero-order valence-electron chi connectivity index (χ0n) is 10.2. The molecule has 1 aliphatic rings. The van der Waals surface area contributed by atoms with Crippen molar-refractivity contribution in [2.75, 3.05) is 0 Å².